The number of nitrogens with two attached hydrogens (primary N) is 1. The summed E-state index contributed by atoms with van der Waals surface area (Å²) in [5.41, 5.74) is 8.78. The predicted octanol–water partition coefficient (Wildman–Crippen LogP) is 3.93. The van der Waals surface area contributed by atoms with E-state index in [4.69, 9.17) is 17.3 Å². The molecule has 5 heteroatoms. The third kappa shape index (κ3) is 2.60. The first-order chi connectivity index (χ1) is 9.41. The Labute approximate surface area is 121 Å². The number of aryl methyl sites for hydroxylation is 1. The summed E-state index contributed by atoms with van der Waals surface area (Å²) in [6.45, 7) is 3.77. The highest BCUT2D eigenvalue weighted by Gasteiger charge is 2.16. The number of rotatable bonds is 2. The maximum absolute atomic E-state index is 13.4. The second kappa shape index (κ2) is 5.51. The fourth-order valence-electron chi connectivity index (χ4n) is 1.86. The van der Waals surface area contributed by atoms with Crippen LogP contribution in [0.2, 0.25) is 5.02 Å². The minimum atomic E-state index is -0.631. The zero-order valence-electron chi connectivity index (χ0n) is 11.1. The zero-order chi connectivity index (χ0) is 14.9. The Morgan fingerprint density at radius 2 is 1.95 bits per heavy atom. The molecule has 0 atom stereocenters. The minimum Gasteiger partial charge on any atom is -0.397 e. The Hall–Kier alpha value is -2.07. The molecular formula is C15H14ClFN2O. The van der Waals surface area contributed by atoms with E-state index in [2.05, 4.69) is 5.32 Å². The molecule has 0 aliphatic carbocycles. The van der Waals surface area contributed by atoms with Crippen molar-refractivity contribution in [3.8, 4) is 0 Å². The van der Waals surface area contributed by atoms with Gasteiger partial charge in [0.1, 0.15) is 5.82 Å². The largest absolute Gasteiger partial charge is 0.397 e. The lowest BCUT2D eigenvalue weighted by molar-refractivity contribution is 0.102. The second-order valence-electron chi connectivity index (χ2n) is 4.53. The molecule has 0 aliphatic rings. The smallest absolute Gasteiger partial charge is 0.257 e. The fourth-order valence-corrected chi connectivity index (χ4v) is 2.07. The summed E-state index contributed by atoms with van der Waals surface area (Å²) in [5, 5.41) is 2.49. The molecule has 0 bridgehead atoms. The number of amides is 1. The SMILES string of the molecule is Cc1ccc(N)c(NC(=O)c2cccc(F)c2Cl)c1C. The molecule has 2 aromatic carbocycles. The van der Waals surface area contributed by atoms with E-state index in [0.717, 1.165) is 11.1 Å². The Balaban J connectivity index is 2.38. The molecule has 3 nitrogen and oxygen atoms in total. The number of benzene rings is 2. The van der Waals surface area contributed by atoms with Gasteiger partial charge in [0.05, 0.1) is 22.0 Å². The van der Waals surface area contributed by atoms with E-state index in [0.29, 0.717) is 11.4 Å². The van der Waals surface area contributed by atoms with Crippen molar-refractivity contribution in [2.75, 3.05) is 11.1 Å². The molecule has 0 saturated carbocycles. The molecule has 3 N–H and O–H groups in total. The lowest BCUT2D eigenvalue weighted by Gasteiger charge is -2.14. The van der Waals surface area contributed by atoms with Gasteiger partial charge in [0, 0.05) is 0 Å². The number of halogens is 2. The first-order valence-corrected chi connectivity index (χ1v) is 6.40. The maximum atomic E-state index is 13.4. The van der Waals surface area contributed by atoms with E-state index >= 15 is 0 Å². The van der Waals surface area contributed by atoms with Crippen molar-refractivity contribution in [3.05, 3.63) is 57.9 Å². The lowest BCUT2D eigenvalue weighted by atomic mass is 10.1. The molecule has 0 spiro atoms. The van der Waals surface area contributed by atoms with Crippen molar-refractivity contribution in [1.82, 2.24) is 0 Å². The monoisotopic (exact) mass is 292 g/mol. The summed E-state index contributed by atoms with van der Waals surface area (Å²) >= 11 is 5.80. The van der Waals surface area contributed by atoms with Crippen molar-refractivity contribution in [2.24, 2.45) is 0 Å². The van der Waals surface area contributed by atoms with Gasteiger partial charge in [-0.25, -0.2) is 4.39 Å². The molecule has 2 rings (SSSR count). The van der Waals surface area contributed by atoms with Gasteiger partial charge < -0.3 is 11.1 Å². The van der Waals surface area contributed by atoms with Crippen molar-refractivity contribution in [1.29, 1.82) is 0 Å². The Morgan fingerprint density at radius 3 is 2.65 bits per heavy atom. The minimum absolute atomic E-state index is 0.0759. The average molecular weight is 293 g/mol. The summed E-state index contributed by atoms with van der Waals surface area (Å²) in [4.78, 5) is 12.2. The Bertz CT molecular complexity index is 686. The number of nitrogens with one attached hydrogen (secondary N) is 1. The van der Waals surface area contributed by atoms with Gasteiger partial charge >= 0.3 is 0 Å². The van der Waals surface area contributed by atoms with Crippen LogP contribution in [0.3, 0.4) is 0 Å². The number of carbonyl (C=O) groups is 1. The maximum Gasteiger partial charge on any atom is 0.257 e. The molecule has 0 heterocycles. The van der Waals surface area contributed by atoms with Crippen LogP contribution >= 0.6 is 11.6 Å². The van der Waals surface area contributed by atoms with Gasteiger partial charge in [-0.3, -0.25) is 4.79 Å². The van der Waals surface area contributed by atoms with Crippen molar-refractivity contribution in [3.63, 3.8) is 0 Å². The molecular weight excluding hydrogens is 279 g/mol. The number of nitrogen functional groups attached to an aromatic ring is 1. The van der Waals surface area contributed by atoms with E-state index in [1.165, 1.54) is 18.2 Å². The van der Waals surface area contributed by atoms with E-state index in [-0.39, 0.29) is 10.6 Å². The number of hydrogen-bond acceptors (Lipinski definition) is 2. The van der Waals surface area contributed by atoms with Gasteiger partial charge in [-0.05, 0) is 43.2 Å². The van der Waals surface area contributed by atoms with Crippen LogP contribution in [-0.2, 0) is 0 Å². The Morgan fingerprint density at radius 1 is 1.25 bits per heavy atom. The highest BCUT2D eigenvalue weighted by molar-refractivity contribution is 6.34. The van der Waals surface area contributed by atoms with Crippen molar-refractivity contribution >= 4 is 28.9 Å². The summed E-state index contributed by atoms with van der Waals surface area (Å²) in [5.74, 6) is -1.12. The van der Waals surface area contributed by atoms with Gasteiger partial charge in [0.25, 0.3) is 5.91 Å². The molecule has 20 heavy (non-hydrogen) atoms. The molecule has 1 amide bonds. The van der Waals surface area contributed by atoms with Crippen molar-refractivity contribution in [2.45, 2.75) is 13.8 Å². The lowest BCUT2D eigenvalue weighted by Crippen LogP contribution is -2.15. The van der Waals surface area contributed by atoms with E-state index < -0.39 is 11.7 Å². The van der Waals surface area contributed by atoms with E-state index in [1.807, 2.05) is 19.9 Å². The van der Waals surface area contributed by atoms with E-state index in [1.54, 1.807) is 6.07 Å². The number of hydrogen-bond donors (Lipinski definition) is 2. The first-order valence-electron chi connectivity index (χ1n) is 6.03. The molecule has 0 radical (unpaired) electrons. The third-order valence-corrected chi connectivity index (χ3v) is 3.59. The van der Waals surface area contributed by atoms with Crippen LogP contribution < -0.4 is 11.1 Å². The molecule has 0 saturated heterocycles. The molecule has 0 unspecified atom stereocenters. The number of anilines is 2. The number of carbonyl (C=O) groups excluding carboxylic acids is 1. The molecule has 2 aromatic rings. The van der Waals surface area contributed by atoms with Crippen LogP contribution in [0, 0.1) is 19.7 Å². The second-order valence-corrected chi connectivity index (χ2v) is 4.91. The molecule has 0 fully saturated rings. The van der Waals surface area contributed by atoms with Crippen LogP contribution in [0.25, 0.3) is 0 Å². The van der Waals surface area contributed by atoms with Crippen LogP contribution in [0.1, 0.15) is 21.5 Å². The topological polar surface area (TPSA) is 55.1 Å². The van der Waals surface area contributed by atoms with Gasteiger partial charge in [-0.2, -0.15) is 0 Å². The van der Waals surface area contributed by atoms with Gasteiger partial charge in [-0.1, -0.05) is 23.7 Å². The van der Waals surface area contributed by atoms with Gasteiger partial charge in [0.15, 0.2) is 0 Å². The standard InChI is InChI=1S/C15H14ClFN2O/c1-8-6-7-12(18)14(9(8)2)19-15(20)10-4-3-5-11(17)13(10)16/h3-7H,18H2,1-2H3,(H,19,20). The highest BCUT2D eigenvalue weighted by Crippen LogP contribution is 2.27. The first kappa shape index (κ1) is 14.3. The summed E-state index contributed by atoms with van der Waals surface area (Å²) in [7, 11) is 0. The molecule has 104 valence electrons. The normalized spacial score (nSPS) is 10.4. The van der Waals surface area contributed by atoms with Gasteiger partial charge in [0.2, 0.25) is 0 Å². The van der Waals surface area contributed by atoms with Crippen LogP contribution in [0.5, 0.6) is 0 Å². The molecule has 0 aromatic heterocycles. The van der Waals surface area contributed by atoms with Crippen molar-refractivity contribution < 1.29 is 9.18 Å². The summed E-state index contributed by atoms with van der Waals surface area (Å²) in [6.07, 6.45) is 0. The Kier molecular flexibility index (Phi) is 3.95. The van der Waals surface area contributed by atoms with Gasteiger partial charge in [-0.15, -0.1) is 0 Å². The highest BCUT2D eigenvalue weighted by atomic mass is 35.5. The average Bonchev–Trinajstić information content (AvgIpc) is 2.42. The zero-order valence-corrected chi connectivity index (χ0v) is 11.9. The fraction of sp³-hybridized carbons (Fsp3) is 0.133. The predicted molar refractivity (Wildman–Crippen MR) is 79.7 cm³/mol. The third-order valence-electron chi connectivity index (χ3n) is 3.20. The summed E-state index contributed by atoms with van der Waals surface area (Å²) in [6, 6.07) is 7.68. The van der Waals surface area contributed by atoms with Crippen LogP contribution in [-0.4, -0.2) is 5.91 Å². The van der Waals surface area contributed by atoms with Crippen LogP contribution in [0.15, 0.2) is 30.3 Å². The summed E-state index contributed by atoms with van der Waals surface area (Å²) < 4.78 is 13.4. The molecule has 0 aliphatic heterocycles. The van der Waals surface area contributed by atoms with Crippen LogP contribution in [0.4, 0.5) is 15.8 Å². The van der Waals surface area contributed by atoms with E-state index in [9.17, 15) is 9.18 Å². The quantitative estimate of drug-likeness (QED) is 0.824.